The monoisotopic (exact) mass is 1190 g/mol. The lowest BCUT2D eigenvalue weighted by atomic mass is 9.99. The summed E-state index contributed by atoms with van der Waals surface area (Å²) in [6.07, 6.45) is 15.9. The average Bonchev–Trinajstić information content (AvgIpc) is 3.91. The van der Waals surface area contributed by atoms with E-state index in [1.165, 1.54) is 83.7 Å². The quantitative estimate of drug-likeness (QED) is 0.0967. The molecule has 0 atom stereocenters. The predicted octanol–water partition coefficient (Wildman–Crippen LogP) is 8.37. The van der Waals surface area contributed by atoms with Gasteiger partial charge in [-0.3, -0.25) is 10.1 Å². The first-order chi connectivity index (χ1) is 37.9. The van der Waals surface area contributed by atoms with Gasteiger partial charge in [0, 0.05) is 87.0 Å². The summed E-state index contributed by atoms with van der Waals surface area (Å²) in [5.74, 6) is -2.38. The number of aryl methyl sites for hydroxylation is 1. The first kappa shape index (κ1) is 57.8. The zero-order chi connectivity index (χ0) is 57.8. The van der Waals surface area contributed by atoms with Gasteiger partial charge in [-0.15, -0.1) is 23.5 Å². The zero-order valence-electron chi connectivity index (χ0n) is 42.6. The van der Waals surface area contributed by atoms with E-state index in [0.29, 0.717) is 75.9 Å². The molecule has 1 amide bonds. The van der Waals surface area contributed by atoms with Crippen molar-refractivity contribution in [1.82, 2.24) is 50.1 Å². The number of carbonyl (C=O) groups excluding carboxylic acids is 1. The number of hydrogen-bond donors (Lipinski definition) is 3. The Bertz CT molecular complexity index is 4440. The molecule has 0 radical (unpaired) electrons. The molecule has 4 heterocycles. The molecule has 408 valence electrons. The van der Waals surface area contributed by atoms with Gasteiger partial charge in [0.25, 0.3) is 5.91 Å². The average molecular weight is 1190 g/mol. The number of thioether (sulfide) groups is 2. The van der Waals surface area contributed by atoms with Gasteiger partial charge in [-0.1, -0.05) is 53.1 Å². The van der Waals surface area contributed by atoms with E-state index < -0.39 is 41.5 Å². The first-order valence-electron chi connectivity index (χ1n) is 22.9. The Morgan fingerprint density at radius 3 is 1.24 bits per heavy atom. The number of tetrazole rings is 1. The van der Waals surface area contributed by atoms with Crippen LogP contribution in [-0.4, -0.2) is 135 Å². The fraction of sp³-hybridized carbons (Fsp3) is 0.115. The molecule has 0 bridgehead atoms. The summed E-state index contributed by atoms with van der Waals surface area (Å²) in [7, 11) is -8.35. The lowest BCUT2D eigenvalue weighted by Gasteiger charge is -2.16. The fourth-order valence-electron chi connectivity index (χ4n) is 8.17. The van der Waals surface area contributed by atoms with E-state index in [0.717, 1.165) is 24.3 Å². The standard InChI is InChI=1S/C19H17N7O3S2.C17H14N2O4S2.C16H11ClN2O4S/c1-26-19(23-24-25-26)22-18(27)14-8-12-9-20-10-21-16(12)15(17(14)30-2)11-4-6-13(7-5-11)31(3,28)29;1-24-16-13(17(20)21)7-11-8-18-9-19-15(11)14(16)10-3-5-12(6-4-10)25(2,22)23;1-24(22,23)11-4-2-9(3-5-11)13-14(17)12(16(20)21)6-10-7-18-8-19-15(10)13/h4-10H,1-3H3,(H,22,23,25,27);3-9H,1-2H3,(H,20,21);2-8H,1H3,(H,20,21). The predicted molar refractivity (Wildman–Crippen MR) is 303 cm³/mol. The van der Waals surface area contributed by atoms with Crippen molar-refractivity contribution in [1.29, 1.82) is 0 Å². The van der Waals surface area contributed by atoms with Crippen molar-refractivity contribution in [2.24, 2.45) is 7.05 Å². The van der Waals surface area contributed by atoms with Crippen LogP contribution < -0.4 is 5.32 Å². The molecule has 28 heteroatoms. The lowest BCUT2D eigenvalue weighted by Crippen LogP contribution is -2.17. The Morgan fingerprint density at radius 1 is 0.537 bits per heavy atom. The largest absolute Gasteiger partial charge is 0.478 e. The van der Waals surface area contributed by atoms with Crippen LogP contribution in [0.25, 0.3) is 66.1 Å². The SMILES string of the molecule is CS(=O)(=O)c1ccc(-c2c(Cl)c(C(=O)O)cc3cncnc23)cc1.CSc1c(C(=O)Nc2nnnn2C)cc2cncnc2c1-c1ccc(S(C)(=O)=O)cc1.CSc1c(C(=O)O)cc2cncnc2c1-c1ccc(S(C)(=O)=O)cc1. The minimum Gasteiger partial charge on any atom is -0.478 e. The van der Waals surface area contributed by atoms with E-state index in [9.17, 15) is 49.9 Å². The Labute approximate surface area is 469 Å². The Morgan fingerprint density at radius 2 is 0.887 bits per heavy atom. The number of sulfone groups is 3. The Kier molecular flexibility index (Phi) is 17.0. The molecule has 80 heavy (non-hydrogen) atoms. The van der Waals surface area contributed by atoms with Gasteiger partial charge in [0.05, 0.1) is 52.9 Å². The first-order valence-corrected chi connectivity index (χ1v) is 31.4. The number of nitrogens with zero attached hydrogens (tertiary/aromatic N) is 10. The second kappa shape index (κ2) is 23.6. The fourth-order valence-corrected chi connectivity index (χ4v) is 12.0. The molecule has 3 N–H and O–H groups in total. The van der Waals surface area contributed by atoms with Crippen LogP contribution in [0.1, 0.15) is 31.1 Å². The molecule has 0 spiro atoms. The number of benzene rings is 6. The van der Waals surface area contributed by atoms with Crippen LogP contribution in [0.5, 0.6) is 0 Å². The summed E-state index contributed by atoms with van der Waals surface area (Å²) < 4.78 is 71.5. The highest BCUT2D eigenvalue weighted by molar-refractivity contribution is 7.99. The number of aromatic carboxylic acids is 2. The summed E-state index contributed by atoms with van der Waals surface area (Å²) in [5.41, 5.74) is 6.07. The third-order valence-corrected chi connectivity index (χ3v) is 17.3. The normalized spacial score (nSPS) is 11.6. The second-order valence-electron chi connectivity index (χ2n) is 17.2. The third-order valence-electron chi connectivity index (χ3n) is 11.9. The molecule has 0 fully saturated rings. The molecule has 0 aliphatic heterocycles. The van der Waals surface area contributed by atoms with Crippen molar-refractivity contribution in [2.75, 3.05) is 36.6 Å². The number of carboxylic acids is 2. The third kappa shape index (κ3) is 12.4. The number of aromatic nitrogens is 10. The van der Waals surface area contributed by atoms with Crippen molar-refractivity contribution in [2.45, 2.75) is 24.5 Å². The Balaban J connectivity index is 0.000000159. The Hall–Kier alpha value is -8.34. The highest BCUT2D eigenvalue weighted by Gasteiger charge is 2.24. The van der Waals surface area contributed by atoms with Crippen molar-refractivity contribution in [3.8, 4) is 33.4 Å². The van der Waals surface area contributed by atoms with Gasteiger partial charge in [0.15, 0.2) is 29.5 Å². The maximum atomic E-state index is 13.1. The highest BCUT2D eigenvalue weighted by atomic mass is 35.5. The van der Waals surface area contributed by atoms with Gasteiger partial charge in [-0.2, -0.15) is 0 Å². The van der Waals surface area contributed by atoms with E-state index >= 15 is 0 Å². The molecule has 10 aromatic rings. The molecule has 0 aliphatic carbocycles. The molecule has 4 aromatic heterocycles. The number of halogens is 1. The molecular weight excluding hydrogens is 1150 g/mol. The number of fused-ring (bicyclic) bond motifs is 3. The van der Waals surface area contributed by atoms with Crippen molar-refractivity contribution in [3.63, 3.8) is 0 Å². The van der Waals surface area contributed by atoms with Gasteiger partial charge < -0.3 is 10.2 Å². The number of rotatable bonds is 12. The summed E-state index contributed by atoms with van der Waals surface area (Å²) in [6, 6.07) is 23.6. The highest BCUT2D eigenvalue weighted by Crippen LogP contribution is 2.41. The smallest absolute Gasteiger partial charge is 0.337 e. The lowest BCUT2D eigenvalue weighted by molar-refractivity contribution is 0.0684. The van der Waals surface area contributed by atoms with Crippen LogP contribution in [0, 0.1) is 0 Å². The number of nitrogens with one attached hydrogen (secondary N) is 1. The van der Waals surface area contributed by atoms with Crippen LogP contribution in [0.15, 0.2) is 153 Å². The van der Waals surface area contributed by atoms with Crippen molar-refractivity contribution < 1.29 is 49.9 Å². The summed E-state index contributed by atoms with van der Waals surface area (Å²) >= 11 is 8.99. The maximum Gasteiger partial charge on any atom is 0.337 e. The van der Waals surface area contributed by atoms with E-state index in [1.54, 1.807) is 86.4 Å². The minimum absolute atomic E-state index is 0.0424. The number of carboxylic acid groups (broad SMARTS) is 2. The topological polar surface area (TPSA) is 327 Å². The van der Waals surface area contributed by atoms with Crippen molar-refractivity contribution in [3.05, 3.63) is 150 Å². The number of anilines is 1. The molecule has 10 rings (SSSR count). The molecule has 0 saturated heterocycles. The van der Waals surface area contributed by atoms with E-state index in [2.05, 4.69) is 50.7 Å². The summed E-state index contributed by atoms with van der Waals surface area (Å²) in [4.78, 5) is 62.9. The molecule has 22 nitrogen and oxygen atoms in total. The van der Waals surface area contributed by atoms with E-state index in [-0.39, 0.29) is 42.7 Å². The van der Waals surface area contributed by atoms with Gasteiger partial charge in [0.1, 0.15) is 19.0 Å². The van der Waals surface area contributed by atoms with Crippen LogP contribution in [0.3, 0.4) is 0 Å². The summed E-state index contributed by atoms with van der Waals surface area (Å²) in [5, 5.41) is 34.5. The van der Waals surface area contributed by atoms with Crippen LogP contribution in [0.4, 0.5) is 5.95 Å². The molecule has 6 aromatic carbocycles. The van der Waals surface area contributed by atoms with Crippen LogP contribution in [0.2, 0.25) is 5.02 Å². The maximum absolute atomic E-state index is 13.1. The van der Waals surface area contributed by atoms with Gasteiger partial charge in [0.2, 0.25) is 5.95 Å². The van der Waals surface area contributed by atoms with E-state index in [1.807, 2.05) is 6.26 Å². The van der Waals surface area contributed by atoms with Crippen molar-refractivity contribution >= 4 is 121 Å². The second-order valence-corrected chi connectivity index (χ2v) is 25.3. The van der Waals surface area contributed by atoms with E-state index in [4.69, 9.17) is 11.6 Å². The minimum atomic E-state index is -3.33. The number of amides is 1. The van der Waals surface area contributed by atoms with Crippen LogP contribution in [-0.2, 0) is 36.6 Å². The number of carbonyl (C=O) groups is 3. The summed E-state index contributed by atoms with van der Waals surface area (Å²) in [6.45, 7) is 0. The van der Waals surface area contributed by atoms with Gasteiger partial charge >= 0.3 is 11.9 Å². The number of hydrogen-bond acceptors (Lipinski definition) is 20. The molecule has 0 saturated carbocycles. The van der Waals surface area contributed by atoms with Gasteiger partial charge in [-0.25, -0.2) is 69.4 Å². The molecule has 0 aliphatic rings. The van der Waals surface area contributed by atoms with Crippen LogP contribution >= 0.6 is 35.1 Å². The molecular formula is C52H42ClN11O11S5. The van der Waals surface area contributed by atoms with Gasteiger partial charge in [-0.05, 0) is 94.2 Å². The molecule has 0 unspecified atom stereocenters. The zero-order valence-corrected chi connectivity index (χ0v) is 47.4.